The summed E-state index contributed by atoms with van der Waals surface area (Å²) in [7, 11) is 0. The molecule has 2 N–H and O–H groups in total. The minimum atomic E-state index is 0.455. The van der Waals surface area contributed by atoms with Crippen molar-refractivity contribution < 1.29 is 0 Å². The number of nitrogens with two attached hydrogens (primary N) is 1. The molecule has 1 aliphatic rings. The van der Waals surface area contributed by atoms with E-state index in [1.165, 1.54) is 38.5 Å². The fourth-order valence-corrected chi connectivity index (χ4v) is 3.02. The van der Waals surface area contributed by atoms with E-state index in [1.54, 1.807) is 0 Å². The van der Waals surface area contributed by atoms with Gasteiger partial charge in [0.05, 0.1) is 0 Å². The maximum Gasteiger partial charge on any atom is 0.00954 e. The van der Waals surface area contributed by atoms with Crippen molar-refractivity contribution in [1.29, 1.82) is 0 Å². The first-order chi connectivity index (χ1) is 7.00. The van der Waals surface area contributed by atoms with E-state index in [1.807, 2.05) is 0 Å². The second-order valence-electron chi connectivity index (χ2n) is 6.16. The molecular weight excluding hydrogens is 182 g/mol. The van der Waals surface area contributed by atoms with Crippen molar-refractivity contribution >= 4 is 0 Å². The Bertz CT molecular complexity index is 172. The average molecular weight is 211 g/mol. The monoisotopic (exact) mass is 211 g/mol. The molecule has 0 radical (unpaired) electrons. The molecule has 90 valence electrons. The lowest BCUT2D eigenvalue weighted by Gasteiger charge is -2.39. The zero-order valence-electron chi connectivity index (χ0n) is 11.1. The third-order valence-electron chi connectivity index (χ3n) is 4.52. The normalized spacial score (nSPS) is 24.4. The van der Waals surface area contributed by atoms with E-state index in [2.05, 4.69) is 27.7 Å². The standard InChI is InChI=1S/C14H29N/c1-5-11(6-2)13(15)12-7-9-14(3,4)10-8-12/h11-13H,5-10,15H2,1-4H3. The maximum absolute atomic E-state index is 6.40. The van der Waals surface area contributed by atoms with Crippen LogP contribution in [0.3, 0.4) is 0 Å². The Morgan fingerprint density at radius 1 is 1.13 bits per heavy atom. The van der Waals surface area contributed by atoms with Gasteiger partial charge in [0.1, 0.15) is 0 Å². The molecule has 0 spiro atoms. The lowest BCUT2D eigenvalue weighted by Crippen LogP contribution is -2.40. The third-order valence-corrected chi connectivity index (χ3v) is 4.52. The molecule has 1 aliphatic carbocycles. The fraction of sp³-hybridized carbons (Fsp3) is 1.00. The van der Waals surface area contributed by atoms with E-state index in [9.17, 15) is 0 Å². The molecule has 0 aliphatic heterocycles. The largest absolute Gasteiger partial charge is 0.327 e. The minimum Gasteiger partial charge on any atom is -0.327 e. The highest BCUT2D eigenvalue weighted by molar-refractivity contribution is 4.86. The van der Waals surface area contributed by atoms with Gasteiger partial charge in [-0.2, -0.15) is 0 Å². The van der Waals surface area contributed by atoms with Crippen LogP contribution in [0.5, 0.6) is 0 Å². The van der Waals surface area contributed by atoms with E-state index >= 15 is 0 Å². The summed E-state index contributed by atoms with van der Waals surface area (Å²) in [6.45, 7) is 9.35. The molecule has 15 heavy (non-hydrogen) atoms. The van der Waals surface area contributed by atoms with Crippen molar-refractivity contribution in [2.75, 3.05) is 0 Å². The summed E-state index contributed by atoms with van der Waals surface area (Å²) in [6.07, 6.45) is 7.93. The van der Waals surface area contributed by atoms with Gasteiger partial charge in [-0.05, 0) is 42.9 Å². The van der Waals surface area contributed by atoms with E-state index in [4.69, 9.17) is 5.73 Å². The predicted octanol–water partition coefficient (Wildman–Crippen LogP) is 3.97. The van der Waals surface area contributed by atoms with Crippen LogP contribution in [-0.4, -0.2) is 6.04 Å². The second kappa shape index (κ2) is 5.34. The van der Waals surface area contributed by atoms with Crippen molar-refractivity contribution in [2.45, 2.75) is 72.3 Å². The SMILES string of the molecule is CCC(CC)C(N)C1CCC(C)(C)CC1. The molecule has 1 heteroatoms. The van der Waals surface area contributed by atoms with Crippen LogP contribution < -0.4 is 5.73 Å². The summed E-state index contributed by atoms with van der Waals surface area (Å²) in [6, 6.07) is 0.455. The van der Waals surface area contributed by atoms with Crippen LogP contribution >= 0.6 is 0 Å². The Hall–Kier alpha value is -0.0400. The molecule has 1 unspecified atom stereocenters. The highest BCUT2D eigenvalue weighted by atomic mass is 14.7. The molecule has 1 saturated carbocycles. The zero-order valence-corrected chi connectivity index (χ0v) is 11.1. The van der Waals surface area contributed by atoms with Gasteiger partial charge in [0.15, 0.2) is 0 Å². The summed E-state index contributed by atoms with van der Waals surface area (Å²) in [5, 5.41) is 0. The summed E-state index contributed by atoms with van der Waals surface area (Å²) in [4.78, 5) is 0. The number of rotatable bonds is 4. The van der Waals surface area contributed by atoms with Gasteiger partial charge in [-0.1, -0.05) is 40.5 Å². The van der Waals surface area contributed by atoms with Gasteiger partial charge in [0.2, 0.25) is 0 Å². The van der Waals surface area contributed by atoms with E-state index < -0.39 is 0 Å². The van der Waals surface area contributed by atoms with Crippen molar-refractivity contribution in [3.8, 4) is 0 Å². The molecule has 0 bridgehead atoms. The molecule has 0 saturated heterocycles. The van der Waals surface area contributed by atoms with E-state index in [0.29, 0.717) is 11.5 Å². The van der Waals surface area contributed by atoms with Gasteiger partial charge >= 0.3 is 0 Å². The summed E-state index contributed by atoms with van der Waals surface area (Å²) in [5.41, 5.74) is 6.98. The molecule has 1 rings (SSSR count). The molecule has 0 amide bonds. The fourth-order valence-electron chi connectivity index (χ4n) is 3.02. The van der Waals surface area contributed by atoms with Crippen molar-refractivity contribution in [3.63, 3.8) is 0 Å². The van der Waals surface area contributed by atoms with Crippen molar-refractivity contribution in [3.05, 3.63) is 0 Å². The smallest absolute Gasteiger partial charge is 0.00954 e. The Morgan fingerprint density at radius 2 is 1.60 bits per heavy atom. The van der Waals surface area contributed by atoms with Crippen LogP contribution in [-0.2, 0) is 0 Å². The van der Waals surface area contributed by atoms with Gasteiger partial charge in [0, 0.05) is 6.04 Å². The Morgan fingerprint density at radius 3 is 2.00 bits per heavy atom. The van der Waals surface area contributed by atoms with Crippen LogP contribution in [0, 0.1) is 17.3 Å². The van der Waals surface area contributed by atoms with E-state index in [-0.39, 0.29) is 0 Å². The van der Waals surface area contributed by atoms with Crippen LogP contribution in [0.1, 0.15) is 66.2 Å². The first-order valence-electron chi connectivity index (χ1n) is 6.75. The topological polar surface area (TPSA) is 26.0 Å². The Labute approximate surface area is 95.8 Å². The van der Waals surface area contributed by atoms with Gasteiger partial charge in [-0.3, -0.25) is 0 Å². The molecule has 0 aromatic rings. The van der Waals surface area contributed by atoms with Gasteiger partial charge < -0.3 is 5.73 Å². The molecule has 1 atom stereocenters. The average Bonchev–Trinajstić information content (AvgIpc) is 2.19. The van der Waals surface area contributed by atoms with Gasteiger partial charge in [-0.15, -0.1) is 0 Å². The second-order valence-corrected chi connectivity index (χ2v) is 6.16. The highest BCUT2D eigenvalue weighted by Gasteiger charge is 2.31. The lowest BCUT2D eigenvalue weighted by atomic mass is 9.69. The third kappa shape index (κ3) is 3.48. The first kappa shape index (κ1) is 13.0. The molecule has 1 fully saturated rings. The molecular formula is C14H29N. The highest BCUT2D eigenvalue weighted by Crippen LogP contribution is 2.40. The zero-order chi connectivity index (χ0) is 11.5. The van der Waals surface area contributed by atoms with E-state index in [0.717, 1.165) is 11.8 Å². The molecule has 0 heterocycles. The van der Waals surface area contributed by atoms with Gasteiger partial charge in [0.25, 0.3) is 0 Å². The summed E-state index contributed by atoms with van der Waals surface area (Å²) < 4.78 is 0. The maximum atomic E-state index is 6.40. The molecule has 0 aromatic heterocycles. The molecule has 0 aromatic carbocycles. The first-order valence-corrected chi connectivity index (χ1v) is 6.75. The number of hydrogen-bond donors (Lipinski definition) is 1. The van der Waals surface area contributed by atoms with Crippen molar-refractivity contribution in [2.24, 2.45) is 23.0 Å². The van der Waals surface area contributed by atoms with Crippen LogP contribution in [0.2, 0.25) is 0 Å². The lowest BCUT2D eigenvalue weighted by molar-refractivity contribution is 0.150. The van der Waals surface area contributed by atoms with Crippen LogP contribution in [0.4, 0.5) is 0 Å². The summed E-state index contributed by atoms with van der Waals surface area (Å²) >= 11 is 0. The molecule has 1 nitrogen and oxygen atoms in total. The van der Waals surface area contributed by atoms with Crippen LogP contribution in [0.25, 0.3) is 0 Å². The Kier molecular flexibility index (Phi) is 4.64. The van der Waals surface area contributed by atoms with Crippen molar-refractivity contribution in [1.82, 2.24) is 0 Å². The number of hydrogen-bond acceptors (Lipinski definition) is 1. The van der Waals surface area contributed by atoms with Crippen LogP contribution in [0.15, 0.2) is 0 Å². The summed E-state index contributed by atoms with van der Waals surface area (Å²) in [5.74, 6) is 1.54. The Balaban J connectivity index is 2.45. The quantitative estimate of drug-likeness (QED) is 0.748. The minimum absolute atomic E-state index is 0.455. The predicted molar refractivity (Wildman–Crippen MR) is 67.8 cm³/mol. The van der Waals surface area contributed by atoms with Gasteiger partial charge in [-0.25, -0.2) is 0 Å².